The van der Waals surface area contributed by atoms with E-state index >= 15 is 0 Å². The summed E-state index contributed by atoms with van der Waals surface area (Å²) in [6.07, 6.45) is 2.25. The predicted octanol–water partition coefficient (Wildman–Crippen LogP) is 2.00. The minimum atomic E-state index is -0.685. The third-order valence-corrected chi connectivity index (χ3v) is 4.76. The monoisotopic (exact) mass is 294 g/mol. The number of nitrogens with one attached hydrogen (secondary N) is 1. The average Bonchev–Trinajstić information content (AvgIpc) is 2.92. The van der Waals surface area contributed by atoms with Crippen molar-refractivity contribution in [2.24, 2.45) is 0 Å². The molecule has 2 aliphatic heterocycles. The number of hydrogen-bond donors (Lipinski definition) is 1. The Morgan fingerprint density at radius 2 is 2.15 bits per heavy atom. The summed E-state index contributed by atoms with van der Waals surface area (Å²) in [6, 6.07) is 5.75. The first-order chi connectivity index (χ1) is 9.68. The third-order valence-electron chi connectivity index (χ3n) is 4.41. The molecule has 0 atom stereocenters. The van der Waals surface area contributed by atoms with Crippen molar-refractivity contribution in [1.29, 1.82) is 0 Å². The van der Waals surface area contributed by atoms with Crippen LogP contribution in [0.15, 0.2) is 18.2 Å². The number of fused-ring (bicyclic) bond motifs is 1. The minimum Gasteiger partial charge on any atom is -0.368 e. The van der Waals surface area contributed by atoms with Gasteiger partial charge in [0.1, 0.15) is 5.60 Å². The molecule has 0 aliphatic carbocycles. The van der Waals surface area contributed by atoms with Crippen molar-refractivity contribution < 1.29 is 9.53 Å². The predicted molar refractivity (Wildman–Crippen MR) is 79.4 cm³/mol. The summed E-state index contributed by atoms with van der Waals surface area (Å²) in [4.78, 5) is 14.8. The first-order valence-electron chi connectivity index (χ1n) is 7.03. The van der Waals surface area contributed by atoms with Gasteiger partial charge in [0.15, 0.2) is 0 Å². The molecule has 4 nitrogen and oxygen atoms in total. The van der Waals surface area contributed by atoms with E-state index in [0.717, 1.165) is 35.8 Å². The van der Waals surface area contributed by atoms with Crippen molar-refractivity contribution in [3.63, 3.8) is 0 Å². The number of benzene rings is 1. The Balaban J connectivity index is 1.91. The van der Waals surface area contributed by atoms with Crippen molar-refractivity contribution in [1.82, 2.24) is 5.32 Å². The molecule has 0 saturated carbocycles. The second kappa shape index (κ2) is 5.35. The molecule has 0 unspecified atom stereocenters. The Labute approximate surface area is 124 Å². The molecule has 0 spiro atoms. The maximum Gasteiger partial charge on any atom is 0.259 e. The number of anilines is 1. The van der Waals surface area contributed by atoms with Gasteiger partial charge in [-0.3, -0.25) is 4.79 Å². The van der Waals surface area contributed by atoms with Crippen LogP contribution in [0, 0.1) is 0 Å². The lowest BCUT2D eigenvalue weighted by Gasteiger charge is -2.37. The van der Waals surface area contributed by atoms with Crippen molar-refractivity contribution in [3.05, 3.63) is 28.8 Å². The van der Waals surface area contributed by atoms with Crippen LogP contribution in [0.5, 0.6) is 0 Å². The highest BCUT2D eigenvalue weighted by molar-refractivity contribution is 6.32. The van der Waals surface area contributed by atoms with Crippen LogP contribution in [0.4, 0.5) is 5.69 Å². The second-order valence-corrected chi connectivity index (χ2v) is 5.80. The van der Waals surface area contributed by atoms with E-state index in [4.69, 9.17) is 16.3 Å². The van der Waals surface area contributed by atoms with Crippen LogP contribution in [-0.4, -0.2) is 38.3 Å². The van der Waals surface area contributed by atoms with Crippen LogP contribution < -0.4 is 10.2 Å². The van der Waals surface area contributed by atoms with E-state index in [1.807, 2.05) is 23.1 Å². The molecular weight excluding hydrogens is 276 g/mol. The average molecular weight is 295 g/mol. The van der Waals surface area contributed by atoms with Gasteiger partial charge >= 0.3 is 0 Å². The van der Waals surface area contributed by atoms with E-state index in [1.165, 1.54) is 0 Å². The van der Waals surface area contributed by atoms with Crippen LogP contribution in [0.25, 0.3) is 0 Å². The highest BCUT2D eigenvalue weighted by atomic mass is 35.5. The van der Waals surface area contributed by atoms with Crippen LogP contribution in [0.1, 0.15) is 18.4 Å². The molecule has 20 heavy (non-hydrogen) atoms. The van der Waals surface area contributed by atoms with Gasteiger partial charge in [-0.2, -0.15) is 0 Å². The van der Waals surface area contributed by atoms with Crippen molar-refractivity contribution >= 4 is 23.2 Å². The first kappa shape index (κ1) is 13.9. The maximum atomic E-state index is 13.0. The van der Waals surface area contributed by atoms with Gasteiger partial charge in [-0.15, -0.1) is 0 Å². The zero-order valence-electron chi connectivity index (χ0n) is 11.6. The van der Waals surface area contributed by atoms with Gasteiger partial charge in [-0.25, -0.2) is 0 Å². The summed E-state index contributed by atoms with van der Waals surface area (Å²) >= 11 is 6.21. The number of halogens is 1. The molecule has 5 heteroatoms. The molecule has 0 radical (unpaired) electrons. The van der Waals surface area contributed by atoms with Crippen molar-refractivity contribution in [2.75, 3.05) is 31.6 Å². The Hall–Kier alpha value is -1.10. The summed E-state index contributed by atoms with van der Waals surface area (Å²) in [5.41, 5.74) is 1.33. The number of rotatable bonds is 2. The molecule has 0 aromatic heterocycles. The summed E-state index contributed by atoms with van der Waals surface area (Å²) < 4.78 is 5.63. The molecule has 1 aromatic carbocycles. The van der Waals surface area contributed by atoms with Crippen molar-refractivity contribution in [3.8, 4) is 0 Å². The van der Waals surface area contributed by atoms with Gasteiger partial charge in [-0.1, -0.05) is 17.7 Å². The van der Waals surface area contributed by atoms with Gasteiger partial charge in [-0.05, 0) is 50.0 Å². The molecule has 2 heterocycles. The SMILES string of the molecule is COC1(C(=O)N2CCc3c(Cl)cccc32)CCNCC1. The molecule has 3 rings (SSSR count). The lowest BCUT2D eigenvalue weighted by molar-refractivity contribution is -0.143. The summed E-state index contributed by atoms with van der Waals surface area (Å²) in [6.45, 7) is 2.32. The fraction of sp³-hybridized carbons (Fsp3) is 0.533. The Morgan fingerprint density at radius 1 is 1.40 bits per heavy atom. The van der Waals surface area contributed by atoms with E-state index in [-0.39, 0.29) is 5.91 Å². The largest absolute Gasteiger partial charge is 0.368 e. The normalized spacial score (nSPS) is 20.8. The Bertz CT molecular complexity index is 527. The quantitative estimate of drug-likeness (QED) is 0.907. The Kier molecular flexibility index (Phi) is 3.71. The number of ether oxygens (including phenoxy) is 1. The number of piperidine rings is 1. The summed E-state index contributed by atoms with van der Waals surface area (Å²) in [5, 5.41) is 4.02. The number of amides is 1. The molecule has 1 fully saturated rings. The molecular formula is C15H19ClN2O2. The zero-order valence-corrected chi connectivity index (χ0v) is 12.4. The number of hydrogen-bond acceptors (Lipinski definition) is 3. The summed E-state index contributed by atoms with van der Waals surface area (Å²) in [7, 11) is 1.64. The van der Waals surface area contributed by atoms with Gasteiger partial charge in [0, 0.05) is 24.4 Å². The van der Waals surface area contributed by atoms with Gasteiger partial charge in [0.2, 0.25) is 0 Å². The van der Waals surface area contributed by atoms with E-state index < -0.39 is 5.60 Å². The van der Waals surface area contributed by atoms with Gasteiger partial charge in [0.25, 0.3) is 5.91 Å². The number of methoxy groups -OCH3 is 1. The van der Waals surface area contributed by atoms with Gasteiger partial charge < -0.3 is 15.0 Å². The summed E-state index contributed by atoms with van der Waals surface area (Å²) in [5.74, 6) is 0.0718. The molecule has 1 amide bonds. The first-order valence-corrected chi connectivity index (χ1v) is 7.41. The lowest BCUT2D eigenvalue weighted by atomic mass is 9.90. The molecule has 2 aliphatic rings. The standard InChI is InChI=1S/C15H19ClN2O2/c1-20-15(6-8-17-9-7-15)14(19)18-10-5-11-12(16)3-2-4-13(11)18/h2-4,17H,5-10H2,1H3. The highest BCUT2D eigenvalue weighted by Crippen LogP contribution is 2.36. The van der Waals surface area contributed by atoms with E-state index in [2.05, 4.69) is 5.32 Å². The number of carbonyl (C=O) groups excluding carboxylic acids is 1. The topological polar surface area (TPSA) is 41.6 Å². The lowest BCUT2D eigenvalue weighted by Crippen LogP contribution is -2.55. The van der Waals surface area contributed by atoms with E-state index in [1.54, 1.807) is 7.11 Å². The van der Waals surface area contributed by atoms with Crippen molar-refractivity contribution in [2.45, 2.75) is 24.9 Å². The third kappa shape index (κ3) is 2.12. The molecule has 1 N–H and O–H groups in total. The highest BCUT2D eigenvalue weighted by Gasteiger charge is 2.44. The Morgan fingerprint density at radius 3 is 2.85 bits per heavy atom. The molecule has 108 valence electrons. The van der Waals surface area contributed by atoms with E-state index in [9.17, 15) is 4.79 Å². The fourth-order valence-corrected chi connectivity index (χ4v) is 3.45. The second-order valence-electron chi connectivity index (χ2n) is 5.39. The zero-order chi connectivity index (χ0) is 14.2. The number of carbonyl (C=O) groups is 1. The smallest absolute Gasteiger partial charge is 0.259 e. The number of nitrogens with zero attached hydrogens (tertiary/aromatic N) is 1. The minimum absolute atomic E-state index is 0.0718. The molecule has 0 bridgehead atoms. The van der Waals surface area contributed by atoms with Crippen LogP contribution >= 0.6 is 11.6 Å². The van der Waals surface area contributed by atoms with Gasteiger partial charge in [0.05, 0.1) is 0 Å². The van der Waals surface area contributed by atoms with Crippen LogP contribution in [0.2, 0.25) is 5.02 Å². The van der Waals surface area contributed by atoms with Crippen LogP contribution in [0.3, 0.4) is 0 Å². The fourth-order valence-electron chi connectivity index (χ4n) is 3.18. The maximum absolute atomic E-state index is 13.0. The van der Waals surface area contributed by atoms with E-state index in [0.29, 0.717) is 19.4 Å². The molecule has 1 saturated heterocycles. The molecule has 1 aromatic rings. The van der Waals surface area contributed by atoms with Crippen LogP contribution in [-0.2, 0) is 16.0 Å².